The number of para-hydroxylation sites is 1. The number of carbonyl (C=O) groups excluding carboxylic acids is 2. The van der Waals surface area contributed by atoms with Crippen molar-refractivity contribution in [3.05, 3.63) is 81.4 Å². The van der Waals surface area contributed by atoms with E-state index in [1.807, 2.05) is 68.3 Å². The summed E-state index contributed by atoms with van der Waals surface area (Å²) in [6.07, 6.45) is 5.06. The van der Waals surface area contributed by atoms with E-state index in [0.29, 0.717) is 81.0 Å². The number of hydrogen-bond donors (Lipinski definition) is 4. The van der Waals surface area contributed by atoms with Crippen LogP contribution in [0.15, 0.2) is 53.7 Å². The predicted molar refractivity (Wildman–Crippen MR) is 220 cm³/mol. The average molecular weight is 796 g/mol. The number of anilines is 1. The van der Waals surface area contributed by atoms with Gasteiger partial charge in [-0.15, -0.1) is 0 Å². The molecule has 1 saturated carbocycles. The van der Waals surface area contributed by atoms with Crippen LogP contribution in [0.25, 0.3) is 21.3 Å². The van der Waals surface area contributed by atoms with Gasteiger partial charge >= 0.3 is 5.97 Å². The van der Waals surface area contributed by atoms with Gasteiger partial charge in [-0.05, 0) is 91.9 Å². The molecule has 4 N–H and O–H groups in total. The van der Waals surface area contributed by atoms with E-state index in [9.17, 15) is 25.6 Å². The van der Waals surface area contributed by atoms with Crippen LogP contribution in [-0.4, -0.2) is 126 Å². The Kier molecular flexibility index (Phi) is 9.81. The zero-order chi connectivity index (χ0) is 41.6. The molecule has 5 heterocycles. The Bertz CT molecular complexity index is 2240. The summed E-state index contributed by atoms with van der Waals surface area (Å²) in [5.41, 5.74) is 7.08. The molecule has 1 saturated heterocycles. The van der Waals surface area contributed by atoms with Gasteiger partial charge in [0, 0.05) is 82.4 Å². The Morgan fingerprint density at radius 2 is 1.81 bits per heavy atom. The van der Waals surface area contributed by atoms with Gasteiger partial charge in [-0.2, -0.15) is 0 Å². The van der Waals surface area contributed by atoms with Crippen molar-refractivity contribution in [2.45, 2.75) is 99.5 Å². The number of fused-ring (bicyclic) bond motifs is 4. The molecule has 1 aromatic heterocycles. The molecule has 0 unspecified atom stereocenters. The fourth-order valence-electron chi connectivity index (χ4n) is 12.8. The number of methoxy groups -OCH3 is 2. The molecule has 1 aliphatic carbocycles. The molecule has 1 amide bonds. The number of aromatic amines is 1. The van der Waals surface area contributed by atoms with Crippen LogP contribution >= 0.6 is 0 Å². The number of aliphatic hydroxyl groups is 3. The average Bonchev–Trinajstić information content (AvgIpc) is 3.87. The molecule has 8 rings (SSSR count). The summed E-state index contributed by atoms with van der Waals surface area (Å²) in [5.74, 6) is -1.41. The van der Waals surface area contributed by atoms with Crippen molar-refractivity contribution in [2.75, 3.05) is 59.4 Å². The number of amides is 1. The van der Waals surface area contributed by atoms with E-state index in [1.54, 1.807) is 14.2 Å². The summed E-state index contributed by atoms with van der Waals surface area (Å²) in [7, 11) is 6.79. The highest BCUT2D eigenvalue weighted by Gasteiger charge is 2.78. The van der Waals surface area contributed by atoms with Crippen molar-refractivity contribution >= 4 is 28.5 Å². The molecule has 1 spiro atoms. The van der Waals surface area contributed by atoms with Gasteiger partial charge in [0.1, 0.15) is 17.3 Å². The van der Waals surface area contributed by atoms with Crippen molar-refractivity contribution in [3.63, 3.8) is 0 Å². The van der Waals surface area contributed by atoms with Gasteiger partial charge in [0.25, 0.3) is 5.91 Å². The summed E-state index contributed by atoms with van der Waals surface area (Å²) in [5, 5.41) is 41.9. The molecular formula is C44H57N7O7. The van der Waals surface area contributed by atoms with Crippen LogP contribution in [0.4, 0.5) is 5.69 Å². The molecule has 14 nitrogen and oxygen atoms in total. The minimum atomic E-state index is -2.50. The maximum Gasteiger partial charge on any atom is 0.322 e. The Morgan fingerprint density at radius 3 is 2.50 bits per heavy atom. The first-order valence-corrected chi connectivity index (χ1v) is 20.6. The van der Waals surface area contributed by atoms with Crippen LogP contribution in [0.1, 0.15) is 75.3 Å². The normalized spacial score (nSPS) is 35.9. The van der Waals surface area contributed by atoms with E-state index in [0.717, 1.165) is 22.0 Å². The standard InChI is InChI=1S/C44H57N7O7/c1-8-40(55)23-26(3)24-43(39(54)58-7,34-28(15-19-49(4)25-40)27-13-10-11-14-31(27)46-34)30-21-29-32(22-33(30)57-6)50(5)36-42(29)17-20-51-18-12-16-41(9-2,35(42)51)37(52)44(36,56)38(53)47-48-45/h10-14,16,21-22,26,35-37,46,52,55-56H,8-9,15,17-20,23-25H2,1-7H3/t26-,35-,36+,37+,40-,41+,42+,43-,44-/m0/s1. The monoisotopic (exact) mass is 795 g/mol. The molecule has 14 heteroatoms. The zero-order valence-electron chi connectivity index (χ0n) is 34.7. The first-order valence-electron chi connectivity index (χ1n) is 20.6. The molecule has 2 aromatic carbocycles. The highest BCUT2D eigenvalue weighted by Crippen LogP contribution is 2.67. The Labute approximate surface area is 339 Å². The second-order valence-corrected chi connectivity index (χ2v) is 17.9. The number of benzene rings is 2. The van der Waals surface area contributed by atoms with Crippen LogP contribution in [0.2, 0.25) is 0 Å². The third-order valence-electron chi connectivity index (χ3n) is 15.0. The number of likely N-dealkylation sites (N-methyl/N-ethyl adjacent to an activating group) is 2. The highest BCUT2D eigenvalue weighted by atomic mass is 16.5. The smallest absolute Gasteiger partial charge is 0.322 e. The maximum atomic E-state index is 15.3. The molecule has 58 heavy (non-hydrogen) atoms. The number of azide groups is 1. The molecule has 3 aromatic rings. The fraction of sp³-hybridized carbons (Fsp3) is 0.591. The molecule has 310 valence electrons. The van der Waals surface area contributed by atoms with Gasteiger partial charge in [0.2, 0.25) is 0 Å². The van der Waals surface area contributed by atoms with Crippen molar-refractivity contribution in [1.82, 2.24) is 14.8 Å². The summed E-state index contributed by atoms with van der Waals surface area (Å²) in [4.78, 5) is 42.2. The highest BCUT2D eigenvalue weighted by molar-refractivity contribution is 5.95. The van der Waals surface area contributed by atoms with Crippen molar-refractivity contribution in [1.29, 1.82) is 0 Å². The minimum absolute atomic E-state index is 0.198. The van der Waals surface area contributed by atoms with Gasteiger partial charge in [-0.3, -0.25) is 14.5 Å². The number of nitrogens with zero attached hydrogens (tertiary/aromatic N) is 6. The number of ether oxygens (including phenoxy) is 2. The van der Waals surface area contributed by atoms with Crippen molar-refractivity contribution in [3.8, 4) is 5.75 Å². The van der Waals surface area contributed by atoms with Crippen LogP contribution in [-0.2, 0) is 31.6 Å². The molecule has 5 aliphatic rings. The SMILES string of the molecule is CC[C@]1(O)C[C@H](C)C[C@](C(=O)OC)(c2cc3c(cc2OC)N(C)[C@H]2[C@@](O)(C(=O)N=[N+]=[N-])[C@H](O)[C@]4(CC)C=CCN5CC[C@]32[C@@H]54)c2[nH]c3ccccc3c2CCN(C)C1. The summed E-state index contributed by atoms with van der Waals surface area (Å²) in [6, 6.07) is 10.6. The van der Waals surface area contributed by atoms with E-state index in [4.69, 9.17) is 9.47 Å². The zero-order valence-corrected chi connectivity index (χ0v) is 34.7. The van der Waals surface area contributed by atoms with Crippen LogP contribution < -0.4 is 9.64 Å². The molecule has 9 atom stereocenters. The topological polar surface area (TPSA) is 188 Å². The Hall–Kier alpha value is -4.43. The Morgan fingerprint density at radius 1 is 1.05 bits per heavy atom. The van der Waals surface area contributed by atoms with Gasteiger partial charge in [-0.1, -0.05) is 51.1 Å². The van der Waals surface area contributed by atoms with Crippen molar-refractivity contribution < 1.29 is 34.4 Å². The maximum absolute atomic E-state index is 15.3. The number of aromatic nitrogens is 1. The number of aliphatic hydroxyl groups excluding tert-OH is 1. The lowest BCUT2D eigenvalue weighted by molar-refractivity contribution is -0.201. The number of H-pyrrole nitrogens is 1. The summed E-state index contributed by atoms with van der Waals surface area (Å²) in [6.45, 7) is 8.36. The lowest BCUT2D eigenvalue weighted by Crippen LogP contribution is -2.80. The first kappa shape index (κ1) is 40.4. The number of rotatable bonds is 6. The molecule has 4 aliphatic heterocycles. The lowest BCUT2D eigenvalue weighted by Gasteiger charge is -2.63. The third-order valence-corrected chi connectivity index (χ3v) is 15.0. The summed E-state index contributed by atoms with van der Waals surface area (Å²) >= 11 is 0. The van der Waals surface area contributed by atoms with E-state index < -0.39 is 51.5 Å². The van der Waals surface area contributed by atoms with E-state index in [1.165, 1.54) is 7.11 Å². The van der Waals surface area contributed by atoms with E-state index in [-0.39, 0.29) is 18.4 Å². The molecule has 0 bridgehead atoms. The lowest BCUT2D eigenvalue weighted by atomic mass is 9.47. The Balaban J connectivity index is 1.47. The first-order chi connectivity index (χ1) is 27.7. The van der Waals surface area contributed by atoms with E-state index >= 15 is 4.79 Å². The van der Waals surface area contributed by atoms with Gasteiger partial charge in [0.05, 0.1) is 25.9 Å². The van der Waals surface area contributed by atoms with Crippen molar-refractivity contribution in [2.24, 2.45) is 16.4 Å². The number of nitrogens with one attached hydrogen (secondary N) is 1. The van der Waals surface area contributed by atoms with Crippen LogP contribution in [0.3, 0.4) is 0 Å². The second-order valence-electron chi connectivity index (χ2n) is 17.9. The summed E-state index contributed by atoms with van der Waals surface area (Å²) < 4.78 is 12.2. The number of esters is 1. The quantitative estimate of drug-likeness (QED) is 0.0895. The number of β-amino-alcohol motifs (C(OH)–C–C–N with tert-alkyl or cyclic N) is 1. The minimum Gasteiger partial charge on any atom is -0.496 e. The largest absolute Gasteiger partial charge is 0.496 e. The van der Waals surface area contributed by atoms with Gasteiger partial charge in [0.15, 0.2) is 5.60 Å². The van der Waals surface area contributed by atoms with Gasteiger partial charge in [-0.25, -0.2) is 0 Å². The van der Waals surface area contributed by atoms with Crippen LogP contribution in [0, 0.1) is 11.3 Å². The fourth-order valence-corrected chi connectivity index (χ4v) is 12.8. The second kappa shape index (κ2) is 14.1. The third kappa shape index (κ3) is 5.24. The predicted octanol–water partition coefficient (Wildman–Crippen LogP) is 4.72. The van der Waals surface area contributed by atoms with Crippen LogP contribution in [0.5, 0.6) is 5.75 Å². The molecule has 0 radical (unpaired) electrons. The van der Waals surface area contributed by atoms with E-state index in [2.05, 4.69) is 37.8 Å². The number of carbonyl (C=O) groups is 2. The molecule has 2 fully saturated rings. The molecular weight excluding hydrogens is 739 g/mol. The number of hydrogen-bond acceptors (Lipinski definition) is 10. The van der Waals surface area contributed by atoms with Gasteiger partial charge < -0.3 is 39.6 Å².